The van der Waals surface area contributed by atoms with Crippen molar-refractivity contribution in [2.45, 2.75) is 45.9 Å². The van der Waals surface area contributed by atoms with Gasteiger partial charge in [0.25, 0.3) is 5.91 Å². The van der Waals surface area contributed by atoms with Crippen LogP contribution in [-0.4, -0.2) is 30.7 Å². The first-order chi connectivity index (χ1) is 12.5. The third kappa shape index (κ3) is 3.77. The Morgan fingerprint density at radius 3 is 2.27 bits per heavy atom. The minimum absolute atomic E-state index is 0.212. The second-order valence-corrected chi connectivity index (χ2v) is 6.72. The first-order valence-corrected chi connectivity index (χ1v) is 9.09. The van der Waals surface area contributed by atoms with Gasteiger partial charge in [-0.2, -0.15) is 0 Å². The molecule has 3 rings (SSSR count). The van der Waals surface area contributed by atoms with Gasteiger partial charge in [0, 0.05) is 24.0 Å². The predicted octanol–water partition coefficient (Wildman–Crippen LogP) is 4.09. The lowest BCUT2D eigenvalue weighted by atomic mass is 10.1. The molecule has 2 aromatic carbocycles. The predicted molar refractivity (Wildman–Crippen MR) is 104 cm³/mol. The fraction of sp³-hybridized carbons (Fsp3) is 0.381. The van der Waals surface area contributed by atoms with E-state index < -0.39 is 6.10 Å². The zero-order valence-corrected chi connectivity index (χ0v) is 15.7. The molecule has 0 saturated heterocycles. The summed E-state index contributed by atoms with van der Waals surface area (Å²) in [6.45, 7) is 9.24. The molecule has 0 unspecified atom stereocenters. The third-order valence-electron chi connectivity index (χ3n) is 4.53. The SMILES string of the molecule is CCN(c1ccc(NC(=O)[C@@H]2Oc3ccccc3O[C@H]2C)cc1)C(C)C. The number of benzene rings is 2. The largest absolute Gasteiger partial charge is 0.482 e. The first-order valence-electron chi connectivity index (χ1n) is 9.09. The van der Waals surface area contributed by atoms with Crippen LogP contribution >= 0.6 is 0 Å². The highest BCUT2D eigenvalue weighted by molar-refractivity contribution is 5.95. The van der Waals surface area contributed by atoms with E-state index in [0.717, 1.165) is 17.9 Å². The van der Waals surface area contributed by atoms with Gasteiger partial charge >= 0.3 is 0 Å². The normalized spacial score (nSPS) is 18.5. The Balaban J connectivity index is 1.68. The second-order valence-electron chi connectivity index (χ2n) is 6.72. The minimum atomic E-state index is -0.688. The van der Waals surface area contributed by atoms with Crippen LogP contribution in [0.15, 0.2) is 48.5 Å². The molecule has 5 nitrogen and oxygen atoms in total. The number of hydrogen-bond donors (Lipinski definition) is 1. The number of hydrogen-bond acceptors (Lipinski definition) is 4. The van der Waals surface area contributed by atoms with E-state index in [4.69, 9.17) is 9.47 Å². The fourth-order valence-corrected chi connectivity index (χ4v) is 3.20. The molecule has 0 radical (unpaired) electrons. The molecule has 1 amide bonds. The van der Waals surface area contributed by atoms with Gasteiger partial charge in [-0.25, -0.2) is 0 Å². The Labute approximate surface area is 154 Å². The molecule has 26 heavy (non-hydrogen) atoms. The molecule has 2 aromatic rings. The number of ether oxygens (including phenoxy) is 2. The zero-order valence-electron chi connectivity index (χ0n) is 15.7. The number of carbonyl (C=O) groups excluding carboxylic acids is 1. The molecule has 1 aliphatic rings. The average molecular weight is 354 g/mol. The summed E-state index contributed by atoms with van der Waals surface area (Å²) in [5.41, 5.74) is 1.88. The molecule has 0 bridgehead atoms. The number of nitrogens with zero attached hydrogens (tertiary/aromatic N) is 1. The van der Waals surface area contributed by atoms with Gasteiger partial charge in [-0.05, 0) is 64.1 Å². The maximum atomic E-state index is 12.6. The van der Waals surface area contributed by atoms with Gasteiger partial charge < -0.3 is 19.7 Å². The maximum absolute atomic E-state index is 12.6. The Kier molecular flexibility index (Phi) is 5.35. The summed E-state index contributed by atoms with van der Waals surface area (Å²) in [5.74, 6) is 1.05. The van der Waals surface area contributed by atoms with Gasteiger partial charge in [0.05, 0.1) is 0 Å². The van der Waals surface area contributed by atoms with E-state index in [0.29, 0.717) is 17.5 Å². The van der Waals surface area contributed by atoms with Crippen LogP contribution in [0.3, 0.4) is 0 Å². The van der Waals surface area contributed by atoms with Crippen molar-refractivity contribution in [3.05, 3.63) is 48.5 Å². The molecule has 0 spiro atoms. The van der Waals surface area contributed by atoms with Crippen molar-refractivity contribution < 1.29 is 14.3 Å². The number of amides is 1. The molecule has 0 aromatic heterocycles. The number of rotatable bonds is 5. The fourth-order valence-electron chi connectivity index (χ4n) is 3.20. The Morgan fingerprint density at radius 1 is 1.08 bits per heavy atom. The summed E-state index contributed by atoms with van der Waals surface area (Å²) in [6, 6.07) is 15.7. The first kappa shape index (κ1) is 18.1. The van der Waals surface area contributed by atoms with E-state index in [1.165, 1.54) is 0 Å². The molecule has 138 valence electrons. The van der Waals surface area contributed by atoms with Crippen LogP contribution in [0, 0.1) is 0 Å². The van der Waals surface area contributed by atoms with Crippen LogP contribution in [-0.2, 0) is 4.79 Å². The molecule has 2 atom stereocenters. The van der Waals surface area contributed by atoms with Crippen molar-refractivity contribution >= 4 is 17.3 Å². The van der Waals surface area contributed by atoms with E-state index in [9.17, 15) is 4.79 Å². The molecule has 0 fully saturated rings. The van der Waals surface area contributed by atoms with Crippen molar-refractivity contribution in [3.63, 3.8) is 0 Å². The summed E-state index contributed by atoms with van der Waals surface area (Å²) in [5, 5.41) is 2.92. The van der Waals surface area contributed by atoms with Crippen molar-refractivity contribution in [2.75, 3.05) is 16.8 Å². The third-order valence-corrected chi connectivity index (χ3v) is 4.53. The molecular formula is C21H26N2O3. The van der Waals surface area contributed by atoms with Gasteiger partial charge in [-0.1, -0.05) is 12.1 Å². The summed E-state index contributed by atoms with van der Waals surface area (Å²) in [7, 11) is 0. The van der Waals surface area contributed by atoms with Crippen molar-refractivity contribution in [2.24, 2.45) is 0 Å². The van der Waals surface area contributed by atoms with Gasteiger partial charge in [0.15, 0.2) is 11.5 Å². The lowest BCUT2D eigenvalue weighted by Crippen LogP contribution is -2.46. The number of carbonyl (C=O) groups is 1. The zero-order chi connectivity index (χ0) is 18.7. The second kappa shape index (κ2) is 7.68. The average Bonchev–Trinajstić information content (AvgIpc) is 2.62. The van der Waals surface area contributed by atoms with Crippen LogP contribution < -0.4 is 19.7 Å². The summed E-state index contributed by atoms with van der Waals surface area (Å²) >= 11 is 0. The van der Waals surface area contributed by atoms with E-state index in [-0.39, 0.29) is 12.0 Å². The lowest BCUT2D eigenvalue weighted by molar-refractivity contribution is -0.128. The monoisotopic (exact) mass is 354 g/mol. The van der Waals surface area contributed by atoms with Crippen LogP contribution in [0.5, 0.6) is 11.5 Å². The van der Waals surface area contributed by atoms with Gasteiger partial charge in [-0.3, -0.25) is 4.79 Å². The number of fused-ring (bicyclic) bond motifs is 1. The maximum Gasteiger partial charge on any atom is 0.269 e. The molecule has 0 aliphatic carbocycles. The molecule has 1 N–H and O–H groups in total. The van der Waals surface area contributed by atoms with Crippen LogP contribution in [0.25, 0.3) is 0 Å². The van der Waals surface area contributed by atoms with Crippen molar-refractivity contribution in [1.29, 1.82) is 0 Å². The quantitative estimate of drug-likeness (QED) is 0.879. The van der Waals surface area contributed by atoms with E-state index in [2.05, 4.69) is 31.0 Å². The van der Waals surface area contributed by atoms with E-state index >= 15 is 0 Å². The summed E-state index contributed by atoms with van der Waals surface area (Å²) < 4.78 is 11.6. The highest BCUT2D eigenvalue weighted by Crippen LogP contribution is 2.33. The van der Waals surface area contributed by atoms with Crippen molar-refractivity contribution in [3.8, 4) is 11.5 Å². The number of nitrogens with one attached hydrogen (secondary N) is 1. The number of anilines is 2. The standard InChI is InChI=1S/C21H26N2O3/c1-5-23(14(2)3)17-12-10-16(11-13-17)22-21(24)20-15(4)25-18-8-6-7-9-19(18)26-20/h6-15,20H,5H2,1-4H3,(H,22,24)/t15-,20+/m0/s1. The highest BCUT2D eigenvalue weighted by Gasteiger charge is 2.34. The molecule has 1 aliphatic heterocycles. The highest BCUT2D eigenvalue weighted by atomic mass is 16.6. The molecule has 0 saturated carbocycles. The molecule has 5 heteroatoms. The van der Waals surface area contributed by atoms with Crippen LogP contribution in [0.1, 0.15) is 27.7 Å². The summed E-state index contributed by atoms with van der Waals surface area (Å²) in [6.07, 6.45) is -1.05. The van der Waals surface area contributed by atoms with Gasteiger partial charge in [0.2, 0.25) is 6.10 Å². The lowest BCUT2D eigenvalue weighted by Gasteiger charge is -2.31. The van der Waals surface area contributed by atoms with Gasteiger partial charge in [-0.15, -0.1) is 0 Å². The smallest absolute Gasteiger partial charge is 0.269 e. The topological polar surface area (TPSA) is 50.8 Å². The summed E-state index contributed by atoms with van der Waals surface area (Å²) in [4.78, 5) is 14.9. The molecular weight excluding hydrogens is 328 g/mol. The van der Waals surface area contributed by atoms with Crippen molar-refractivity contribution in [1.82, 2.24) is 0 Å². The van der Waals surface area contributed by atoms with Gasteiger partial charge in [0.1, 0.15) is 6.10 Å². The minimum Gasteiger partial charge on any atom is -0.482 e. The van der Waals surface area contributed by atoms with E-state index in [1.807, 2.05) is 55.5 Å². The Morgan fingerprint density at radius 2 is 1.69 bits per heavy atom. The number of para-hydroxylation sites is 2. The van der Waals surface area contributed by atoms with Crippen LogP contribution in [0.4, 0.5) is 11.4 Å². The van der Waals surface area contributed by atoms with Crippen LogP contribution in [0.2, 0.25) is 0 Å². The Bertz CT molecular complexity index is 758. The Hall–Kier alpha value is -2.69. The molecule has 1 heterocycles. The van der Waals surface area contributed by atoms with E-state index in [1.54, 1.807) is 0 Å².